The lowest BCUT2D eigenvalue weighted by Crippen LogP contribution is -2.05. The molecule has 0 aromatic heterocycles. The standard InChI is InChI=1S/C14H10BrCl2FO/c15-10-4-1-3-8(14(10)18)13(19)7-9-11(16)5-2-6-12(9)17/h1-6,13,19H,7H2. The third-order valence-electron chi connectivity index (χ3n) is 2.80. The SMILES string of the molecule is OC(Cc1c(Cl)cccc1Cl)c1cccc(Br)c1F. The molecule has 0 aliphatic heterocycles. The number of halogens is 4. The molecule has 1 N–H and O–H groups in total. The van der Waals surface area contributed by atoms with Crippen molar-refractivity contribution in [3.8, 4) is 0 Å². The van der Waals surface area contributed by atoms with Crippen molar-refractivity contribution in [3.05, 3.63) is 67.9 Å². The van der Waals surface area contributed by atoms with Crippen molar-refractivity contribution < 1.29 is 9.50 Å². The Labute approximate surface area is 129 Å². The Bertz CT molecular complexity index is 584. The van der Waals surface area contributed by atoms with Crippen LogP contribution in [0, 0.1) is 5.82 Å². The highest BCUT2D eigenvalue weighted by Crippen LogP contribution is 2.31. The van der Waals surface area contributed by atoms with Gasteiger partial charge in [0, 0.05) is 22.0 Å². The van der Waals surface area contributed by atoms with Crippen LogP contribution >= 0.6 is 39.1 Å². The van der Waals surface area contributed by atoms with Crippen LogP contribution in [-0.2, 0) is 6.42 Å². The van der Waals surface area contributed by atoms with Gasteiger partial charge in [0.05, 0.1) is 10.6 Å². The van der Waals surface area contributed by atoms with Crippen molar-refractivity contribution in [2.75, 3.05) is 0 Å². The van der Waals surface area contributed by atoms with Gasteiger partial charge in [-0.25, -0.2) is 4.39 Å². The van der Waals surface area contributed by atoms with E-state index in [1.165, 1.54) is 6.07 Å². The topological polar surface area (TPSA) is 20.2 Å². The van der Waals surface area contributed by atoms with E-state index in [9.17, 15) is 9.50 Å². The number of aliphatic hydroxyl groups excluding tert-OH is 1. The van der Waals surface area contributed by atoms with E-state index in [1.807, 2.05) is 0 Å². The largest absolute Gasteiger partial charge is 0.388 e. The first-order chi connectivity index (χ1) is 9.00. The number of benzene rings is 2. The molecule has 0 heterocycles. The second-order valence-corrected chi connectivity index (χ2v) is 5.73. The molecule has 0 saturated carbocycles. The second kappa shape index (κ2) is 6.23. The fourth-order valence-corrected chi connectivity index (χ4v) is 2.74. The summed E-state index contributed by atoms with van der Waals surface area (Å²) < 4.78 is 14.2. The Morgan fingerprint density at radius 2 is 1.68 bits per heavy atom. The molecule has 2 aromatic rings. The van der Waals surface area contributed by atoms with Crippen LogP contribution in [-0.4, -0.2) is 5.11 Å². The minimum atomic E-state index is -1.00. The molecule has 0 radical (unpaired) electrons. The van der Waals surface area contributed by atoms with Crippen molar-refractivity contribution in [2.24, 2.45) is 0 Å². The first kappa shape index (κ1) is 14.8. The zero-order valence-electron chi connectivity index (χ0n) is 9.71. The maximum atomic E-state index is 13.9. The summed E-state index contributed by atoms with van der Waals surface area (Å²) in [6.07, 6.45) is -0.846. The molecule has 5 heteroatoms. The van der Waals surface area contributed by atoms with Crippen molar-refractivity contribution in [2.45, 2.75) is 12.5 Å². The number of hydrogen-bond acceptors (Lipinski definition) is 1. The summed E-state index contributed by atoms with van der Waals surface area (Å²) in [5, 5.41) is 11.1. The lowest BCUT2D eigenvalue weighted by Gasteiger charge is -2.14. The third-order valence-corrected chi connectivity index (χ3v) is 4.12. The van der Waals surface area contributed by atoms with Crippen molar-refractivity contribution >= 4 is 39.1 Å². The van der Waals surface area contributed by atoms with Crippen LogP contribution in [0.3, 0.4) is 0 Å². The lowest BCUT2D eigenvalue weighted by atomic mass is 10.0. The quantitative estimate of drug-likeness (QED) is 0.797. The minimum absolute atomic E-state index is 0.159. The van der Waals surface area contributed by atoms with Gasteiger partial charge < -0.3 is 5.11 Å². The van der Waals surface area contributed by atoms with E-state index in [-0.39, 0.29) is 12.0 Å². The fraction of sp³-hybridized carbons (Fsp3) is 0.143. The van der Waals surface area contributed by atoms with Gasteiger partial charge in [0.1, 0.15) is 5.82 Å². The van der Waals surface area contributed by atoms with E-state index >= 15 is 0 Å². The molecule has 100 valence electrons. The van der Waals surface area contributed by atoms with E-state index in [0.29, 0.717) is 20.1 Å². The predicted octanol–water partition coefficient (Wildman–Crippen LogP) is 5.17. The predicted molar refractivity (Wildman–Crippen MR) is 79.2 cm³/mol. The first-order valence-electron chi connectivity index (χ1n) is 5.55. The van der Waals surface area contributed by atoms with E-state index in [4.69, 9.17) is 23.2 Å². The first-order valence-corrected chi connectivity index (χ1v) is 7.10. The average Bonchev–Trinajstić information content (AvgIpc) is 2.37. The minimum Gasteiger partial charge on any atom is -0.388 e. The summed E-state index contributed by atoms with van der Waals surface area (Å²) in [6.45, 7) is 0. The Morgan fingerprint density at radius 1 is 1.11 bits per heavy atom. The smallest absolute Gasteiger partial charge is 0.143 e. The molecule has 0 amide bonds. The fourth-order valence-electron chi connectivity index (χ4n) is 1.81. The normalized spacial score (nSPS) is 12.5. The van der Waals surface area contributed by atoms with E-state index in [0.717, 1.165) is 0 Å². The van der Waals surface area contributed by atoms with Crippen LogP contribution in [0.5, 0.6) is 0 Å². The highest BCUT2D eigenvalue weighted by atomic mass is 79.9. The van der Waals surface area contributed by atoms with Crippen LogP contribution in [0.25, 0.3) is 0 Å². The average molecular weight is 364 g/mol. The number of rotatable bonds is 3. The molecule has 1 atom stereocenters. The Balaban J connectivity index is 2.31. The van der Waals surface area contributed by atoms with Crippen LogP contribution in [0.4, 0.5) is 4.39 Å². The summed E-state index contributed by atoms with van der Waals surface area (Å²) in [5.41, 5.74) is 0.822. The second-order valence-electron chi connectivity index (χ2n) is 4.06. The lowest BCUT2D eigenvalue weighted by molar-refractivity contribution is 0.173. The van der Waals surface area contributed by atoms with Crippen LogP contribution in [0.2, 0.25) is 10.0 Å². The summed E-state index contributed by atoms with van der Waals surface area (Å²) in [4.78, 5) is 0. The van der Waals surface area contributed by atoms with E-state index < -0.39 is 11.9 Å². The molecule has 0 saturated heterocycles. The molecule has 0 spiro atoms. The van der Waals surface area contributed by atoms with Gasteiger partial charge in [-0.05, 0) is 39.7 Å². The van der Waals surface area contributed by atoms with Crippen LogP contribution < -0.4 is 0 Å². The van der Waals surface area contributed by atoms with Crippen molar-refractivity contribution in [1.29, 1.82) is 0 Å². The highest BCUT2D eigenvalue weighted by Gasteiger charge is 2.18. The van der Waals surface area contributed by atoms with E-state index in [2.05, 4.69) is 15.9 Å². The van der Waals surface area contributed by atoms with Gasteiger partial charge in [0.25, 0.3) is 0 Å². The molecule has 0 aliphatic rings. The monoisotopic (exact) mass is 362 g/mol. The molecule has 2 aromatic carbocycles. The van der Waals surface area contributed by atoms with Gasteiger partial charge in [-0.1, -0.05) is 41.4 Å². The summed E-state index contributed by atoms with van der Waals surface area (Å²) in [7, 11) is 0. The molecule has 0 fully saturated rings. The van der Waals surface area contributed by atoms with Gasteiger partial charge in [-0.2, -0.15) is 0 Å². The molecular formula is C14H10BrCl2FO. The highest BCUT2D eigenvalue weighted by molar-refractivity contribution is 9.10. The number of aliphatic hydroxyl groups is 1. The third kappa shape index (κ3) is 3.29. The Hall–Kier alpha value is -0.610. The summed E-state index contributed by atoms with van der Waals surface area (Å²) in [5.74, 6) is -0.474. The zero-order valence-corrected chi connectivity index (χ0v) is 12.8. The molecule has 1 nitrogen and oxygen atoms in total. The van der Waals surface area contributed by atoms with Gasteiger partial charge in [0.15, 0.2) is 0 Å². The molecule has 0 bridgehead atoms. The van der Waals surface area contributed by atoms with Gasteiger partial charge in [0.2, 0.25) is 0 Å². The van der Waals surface area contributed by atoms with Crippen LogP contribution in [0.1, 0.15) is 17.2 Å². The molecule has 19 heavy (non-hydrogen) atoms. The van der Waals surface area contributed by atoms with Crippen molar-refractivity contribution in [3.63, 3.8) is 0 Å². The van der Waals surface area contributed by atoms with Gasteiger partial charge in [-0.3, -0.25) is 0 Å². The number of hydrogen-bond donors (Lipinski definition) is 1. The summed E-state index contributed by atoms with van der Waals surface area (Å²) >= 11 is 15.2. The van der Waals surface area contributed by atoms with Crippen molar-refractivity contribution in [1.82, 2.24) is 0 Å². The Morgan fingerprint density at radius 3 is 2.32 bits per heavy atom. The van der Waals surface area contributed by atoms with E-state index in [1.54, 1.807) is 30.3 Å². The van der Waals surface area contributed by atoms with Gasteiger partial charge >= 0.3 is 0 Å². The maximum absolute atomic E-state index is 13.9. The maximum Gasteiger partial charge on any atom is 0.143 e. The van der Waals surface area contributed by atoms with Gasteiger partial charge in [-0.15, -0.1) is 0 Å². The van der Waals surface area contributed by atoms with Crippen LogP contribution in [0.15, 0.2) is 40.9 Å². The Kier molecular flexibility index (Phi) is 4.85. The molecule has 1 unspecified atom stereocenters. The summed E-state index contributed by atoms with van der Waals surface area (Å²) in [6, 6.07) is 9.88. The molecule has 0 aliphatic carbocycles. The zero-order chi connectivity index (χ0) is 14.0. The molecule has 2 rings (SSSR count). The molecular weight excluding hydrogens is 354 g/mol.